The fourth-order valence-corrected chi connectivity index (χ4v) is 3.60. The molecular weight excluding hydrogens is 262 g/mol. The van der Waals surface area contributed by atoms with Crippen LogP contribution in [0.1, 0.15) is 32.1 Å². The number of hydrogen-bond donors (Lipinski definition) is 1. The van der Waals surface area contributed by atoms with Crippen LogP contribution in [0.2, 0.25) is 0 Å². The van der Waals surface area contributed by atoms with Crippen LogP contribution in [0.4, 0.5) is 0 Å². The van der Waals surface area contributed by atoms with Gasteiger partial charge in [0.2, 0.25) is 0 Å². The minimum atomic E-state index is 0.328. The van der Waals surface area contributed by atoms with Gasteiger partial charge in [0.05, 0.1) is 0 Å². The van der Waals surface area contributed by atoms with Crippen molar-refractivity contribution in [3.63, 3.8) is 0 Å². The van der Waals surface area contributed by atoms with E-state index in [2.05, 4.69) is 35.6 Å². The minimum absolute atomic E-state index is 0.328. The van der Waals surface area contributed by atoms with E-state index in [1.165, 1.54) is 37.0 Å². The number of halogens is 1. The van der Waals surface area contributed by atoms with Gasteiger partial charge in [0.15, 0.2) is 0 Å². The van der Waals surface area contributed by atoms with Gasteiger partial charge in [-0.2, -0.15) is 0 Å². The molecule has 1 aromatic carbocycles. The van der Waals surface area contributed by atoms with Crippen molar-refractivity contribution < 1.29 is 0 Å². The highest BCUT2D eigenvalue weighted by molar-refractivity contribution is 7.99. The summed E-state index contributed by atoms with van der Waals surface area (Å²) in [5.41, 5.74) is 0. The van der Waals surface area contributed by atoms with Gasteiger partial charge in [-0.25, -0.2) is 0 Å². The first kappa shape index (κ1) is 14.2. The third-order valence-corrected chi connectivity index (χ3v) is 4.99. The van der Waals surface area contributed by atoms with Crippen LogP contribution in [0.25, 0.3) is 0 Å². The highest BCUT2D eigenvalue weighted by Gasteiger charge is 2.20. The smallest absolute Gasteiger partial charge is 0.0489 e. The molecule has 18 heavy (non-hydrogen) atoms. The maximum Gasteiger partial charge on any atom is 0.0489 e. The second kappa shape index (κ2) is 8.08. The molecule has 0 saturated heterocycles. The fourth-order valence-electron chi connectivity index (χ4n) is 2.42. The second-order valence-electron chi connectivity index (χ2n) is 4.88. The number of benzene rings is 1. The van der Waals surface area contributed by atoms with Crippen LogP contribution < -0.4 is 5.32 Å². The van der Waals surface area contributed by atoms with Crippen molar-refractivity contribution in [1.82, 2.24) is 5.32 Å². The maximum absolute atomic E-state index is 6.41. The lowest BCUT2D eigenvalue weighted by atomic mass is 10.1. The predicted octanol–water partition coefficient (Wildman–Crippen LogP) is 4.31. The van der Waals surface area contributed by atoms with Gasteiger partial charge in [-0.05, 0) is 25.0 Å². The van der Waals surface area contributed by atoms with Crippen molar-refractivity contribution in [3.05, 3.63) is 30.3 Å². The second-order valence-corrected chi connectivity index (χ2v) is 6.61. The molecule has 3 heteroatoms. The zero-order chi connectivity index (χ0) is 12.6. The predicted molar refractivity (Wildman–Crippen MR) is 81.7 cm³/mol. The highest BCUT2D eigenvalue weighted by atomic mass is 35.5. The van der Waals surface area contributed by atoms with E-state index in [9.17, 15) is 0 Å². The first-order valence-corrected chi connectivity index (χ1v) is 8.34. The average Bonchev–Trinajstić information content (AvgIpc) is 2.61. The van der Waals surface area contributed by atoms with Crippen molar-refractivity contribution in [3.8, 4) is 0 Å². The Morgan fingerprint density at radius 2 is 1.89 bits per heavy atom. The normalized spacial score (nSPS) is 24.7. The molecule has 0 amide bonds. The van der Waals surface area contributed by atoms with Crippen LogP contribution in [0.15, 0.2) is 35.2 Å². The zero-order valence-corrected chi connectivity index (χ0v) is 12.3. The SMILES string of the molecule is ClC1CCCCCC1NCCSc1ccccc1. The molecule has 0 aromatic heterocycles. The molecule has 1 nitrogen and oxygen atoms in total. The van der Waals surface area contributed by atoms with Crippen LogP contribution in [-0.4, -0.2) is 23.7 Å². The molecule has 0 bridgehead atoms. The van der Waals surface area contributed by atoms with Crippen LogP contribution in [0, 0.1) is 0 Å². The van der Waals surface area contributed by atoms with Gasteiger partial charge in [-0.3, -0.25) is 0 Å². The Morgan fingerprint density at radius 3 is 2.72 bits per heavy atom. The van der Waals surface area contributed by atoms with Gasteiger partial charge in [0, 0.05) is 28.6 Å². The molecule has 100 valence electrons. The zero-order valence-electron chi connectivity index (χ0n) is 10.8. The summed E-state index contributed by atoms with van der Waals surface area (Å²) in [5.74, 6) is 1.12. The van der Waals surface area contributed by atoms with Gasteiger partial charge in [-0.15, -0.1) is 23.4 Å². The van der Waals surface area contributed by atoms with E-state index >= 15 is 0 Å². The molecule has 2 atom stereocenters. The first-order chi connectivity index (χ1) is 8.86. The third-order valence-electron chi connectivity index (χ3n) is 3.45. The molecule has 1 fully saturated rings. The van der Waals surface area contributed by atoms with E-state index in [0.717, 1.165) is 12.3 Å². The molecule has 2 unspecified atom stereocenters. The summed E-state index contributed by atoms with van der Waals surface area (Å²) in [6, 6.07) is 11.1. The number of thioether (sulfide) groups is 1. The molecule has 2 rings (SSSR count). The largest absolute Gasteiger partial charge is 0.312 e. The summed E-state index contributed by atoms with van der Waals surface area (Å²) >= 11 is 8.32. The Labute approximate surface area is 120 Å². The van der Waals surface area contributed by atoms with E-state index in [4.69, 9.17) is 11.6 Å². The fraction of sp³-hybridized carbons (Fsp3) is 0.600. The Kier molecular flexibility index (Phi) is 6.39. The average molecular weight is 284 g/mol. The van der Waals surface area contributed by atoms with Crippen molar-refractivity contribution in [2.24, 2.45) is 0 Å². The van der Waals surface area contributed by atoms with Crippen molar-refractivity contribution in [2.75, 3.05) is 12.3 Å². The highest BCUT2D eigenvalue weighted by Crippen LogP contribution is 2.22. The Balaban J connectivity index is 1.65. The Morgan fingerprint density at radius 1 is 1.11 bits per heavy atom. The van der Waals surface area contributed by atoms with Crippen LogP contribution in [0.3, 0.4) is 0 Å². The quantitative estimate of drug-likeness (QED) is 0.374. The molecule has 0 radical (unpaired) electrons. The maximum atomic E-state index is 6.41. The Bertz CT molecular complexity index is 331. The Hall–Kier alpha value is -0.180. The topological polar surface area (TPSA) is 12.0 Å². The molecule has 1 N–H and O–H groups in total. The van der Waals surface area contributed by atoms with E-state index in [1.807, 2.05) is 11.8 Å². The van der Waals surface area contributed by atoms with Crippen molar-refractivity contribution in [2.45, 2.75) is 48.4 Å². The summed E-state index contributed by atoms with van der Waals surface area (Å²) < 4.78 is 0. The summed E-state index contributed by atoms with van der Waals surface area (Å²) in [5, 5.41) is 3.96. The molecule has 1 aromatic rings. The molecule has 1 aliphatic rings. The lowest BCUT2D eigenvalue weighted by Gasteiger charge is -2.21. The van der Waals surface area contributed by atoms with Gasteiger partial charge >= 0.3 is 0 Å². The van der Waals surface area contributed by atoms with Crippen LogP contribution >= 0.6 is 23.4 Å². The van der Waals surface area contributed by atoms with Gasteiger partial charge < -0.3 is 5.32 Å². The summed E-state index contributed by atoms with van der Waals surface area (Å²) in [4.78, 5) is 1.35. The molecule has 0 aliphatic heterocycles. The van der Waals surface area contributed by atoms with Crippen LogP contribution in [0.5, 0.6) is 0 Å². The minimum Gasteiger partial charge on any atom is -0.312 e. The molecular formula is C15H22ClNS. The van der Waals surface area contributed by atoms with Gasteiger partial charge in [0.25, 0.3) is 0 Å². The van der Waals surface area contributed by atoms with Gasteiger partial charge in [0.1, 0.15) is 0 Å². The van der Waals surface area contributed by atoms with Crippen molar-refractivity contribution >= 4 is 23.4 Å². The van der Waals surface area contributed by atoms with Crippen molar-refractivity contribution in [1.29, 1.82) is 0 Å². The van der Waals surface area contributed by atoms with E-state index in [-0.39, 0.29) is 0 Å². The monoisotopic (exact) mass is 283 g/mol. The molecule has 1 saturated carbocycles. The third kappa shape index (κ3) is 4.83. The lowest BCUT2D eigenvalue weighted by molar-refractivity contribution is 0.480. The number of alkyl halides is 1. The summed E-state index contributed by atoms with van der Waals surface area (Å²) in [7, 11) is 0. The van der Waals surface area contributed by atoms with Gasteiger partial charge in [-0.1, -0.05) is 37.5 Å². The standard InChI is InChI=1S/C15H22ClNS/c16-14-9-5-2-6-10-15(14)17-11-12-18-13-7-3-1-4-8-13/h1,3-4,7-8,14-15,17H,2,5-6,9-12H2. The molecule has 0 heterocycles. The summed E-state index contributed by atoms with van der Waals surface area (Å²) in [6.07, 6.45) is 6.38. The summed E-state index contributed by atoms with van der Waals surface area (Å²) in [6.45, 7) is 1.05. The number of nitrogens with one attached hydrogen (secondary N) is 1. The van der Waals surface area contributed by atoms with E-state index in [1.54, 1.807) is 0 Å². The lowest BCUT2D eigenvalue weighted by Crippen LogP contribution is -2.37. The van der Waals surface area contributed by atoms with Crippen LogP contribution in [-0.2, 0) is 0 Å². The van der Waals surface area contributed by atoms with E-state index < -0.39 is 0 Å². The number of rotatable bonds is 5. The molecule has 0 spiro atoms. The molecule has 1 aliphatic carbocycles. The first-order valence-electron chi connectivity index (χ1n) is 6.91. The van der Waals surface area contributed by atoms with E-state index in [0.29, 0.717) is 11.4 Å². The number of hydrogen-bond acceptors (Lipinski definition) is 2.